The van der Waals surface area contributed by atoms with Crippen LogP contribution in [-0.4, -0.2) is 11.8 Å². The van der Waals surface area contributed by atoms with Crippen molar-refractivity contribution >= 4 is 17.1 Å². The van der Waals surface area contributed by atoms with Gasteiger partial charge in [0.1, 0.15) is 0 Å². The molecular formula is C8H11NOS. The van der Waals surface area contributed by atoms with Gasteiger partial charge in [0.15, 0.2) is 5.78 Å². The van der Waals surface area contributed by atoms with Crippen molar-refractivity contribution in [3.05, 3.63) is 22.4 Å². The van der Waals surface area contributed by atoms with E-state index in [2.05, 4.69) is 0 Å². The lowest BCUT2D eigenvalue weighted by molar-refractivity contribution is -0.119. The third-order valence-corrected chi connectivity index (χ3v) is 2.31. The van der Waals surface area contributed by atoms with Gasteiger partial charge in [-0.05, 0) is 18.4 Å². The second kappa shape index (κ2) is 3.64. The van der Waals surface area contributed by atoms with Crippen LogP contribution in [0.3, 0.4) is 0 Å². The van der Waals surface area contributed by atoms with E-state index in [4.69, 9.17) is 5.73 Å². The molecule has 0 amide bonds. The summed E-state index contributed by atoms with van der Waals surface area (Å²) in [4.78, 5) is 12.2. The van der Waals surface area contributed by atoms with Crippen LogP contribution in [-0.2, 0) is 11.2 Å². The van der Waals surface area contributed by atoms with Gasteiger partial charge in [-0.25, -0.2) is 0 Å². The average molecular weight is 169 g/mol. The van der Waals surface area contributed by atoms with Crippen LogP contribution in [0, 0.1) is 0 Å². The fraction of sp³-hybridized carbons (Fsp3) is 0.375. The first-order chi connectivity index (χ1) is 5.20. The summed E-state index contributed by atoms with van der Waals surface area (Å²) in [5, 5.41) is 1.96. The smallest absolute Gasteiger partial charge is 0.154 e. The maximum atomic E-state index is 11.1. The van der Waals surface area contributed by atoms with E-state index in [-0.39, 0.29) is 11.8 Å². The van der Waals surface area contributed by atoms with Gasteiger partial charge in [0.25, 0.3) is 0 Å². The minimum atomic E-state index is -0.336. The zero-order chi connectivity index (χ0) is 8.27. The second-order valence-corrected chi connectivity index (χ2v) is 3.54. The van der Waals surface area contributed by atoms with Crippen molar-refractivity contribution in [3.8, 4) is 0 Å². The summed E-state index contributed by atoms with van der Waals surface area (Å²) < 4.78 is 0. The molecule has 0 saturated heterocycles. The molecule has 0 bridgehead atoms. The van der Waals surface area contributed by atoms with Crippen LogP contribution in [0.4, 0.5) is 0 Å². The first kappa shape index (κ1) is 8.43. The SMILES string of the molecule is CC(N)C(=O)Cc1cccs1. The van der Waals surface area contributed by atoms with E-state index in [0.717, 1.165) is 4.88 Å². The van der Waals surface area contributed by atoms with E-state index in [9.17, 15) is 4.79 Å². The van der Waals surface area contributed by atoms with Crippen molar-refractivity contribution in [2.45, 2.75) is 19.4 Å². The molecule has 0 aromatic carbocycles. The molecule has 2 N–H and O–H groups in total. The highest BCUT2D eigenvalue weighted by Gasteiger charge is 2.08. The summed E-state index contributed by atoms with van der Waals surface area (Å²) in [5.41, 5.74) is 5.41. The lowest BCUT2D eigenvalue weighted by Gasteiger charge is -2.00. The number of carbonyl (C=O) groups excluding carboxylic acids is 1. The highest BCUT2D eigenvalue weighted by atomic mass is 32.1. The number of ketones is 1. The van der Waals surface area contributed by atoms with Gasteiger partial charge in [0.05, 0.1) is 6.04 Å². The number of hydrogen-bond acceptors (Lipinski definition) is 3. The molecule has 0 aliphatic carbocycles. The molecule has 3 heteroatoms. The zero-order valence-electron chi connectivity index (χ0n) is 6.41. The van der Waals surface area contributed by atoms with Crippen LogP contribution in [0.15, 0.2) is 17.5 Å². The van der Waals surface area contributed by atoms with E-state index < -0.39 is 0 Å². The minimum absolute atomic E-state index is 0.104. The van der Waals surface area contributed by atoms with Gasteiger partial charge in [-0.1, -0.05) is 6.07 Å². The van der Waals surface area contributed by atoms with Gasteiger partial charge < -0.3 is 5.73 Å². The van der Waals surface area contributed by atoms with Crippen LogP contribution < -0.4 is 5.73 Å². The van der Waals surface area contributed by atoms with Gasteiger partial charge >= 0.3 is 0 Å². The fourth-order valence-electron chi connectivity index (χ4n) is 0.746. The average Bonchev–Trinajstić information content (AvgIpc) is 2.39. The Morgan fingerprint density at radius 3 is 3.00 bits per heavy atom. The highest BCUT2D eigenvalue weighted by molar-refractivity contribution is 7.10. The van der Waals surface area contributed by atoms with Crippen molar-refractivity contribution in [1.82, 2.24) is 0 Å². The van der Waals surface area contributed by atoms with Crippen LogP contribution in [0.25, 0.3) is 0 Å². The molecule has 0 aliphatic heterocycles. The monoisotopic (exact) mass is 169 g/mol. The van der Waals surface area contributed by atoms with E-state index in [1.54, 1.807) is 18.3 Å². The van der Waals surface area contributed by atoms with Crippen molar-refractivity contribution in [1.29, 1.82) is 0 Å². The standard InChI is InChI=1S/C8H11NOS/c1-6(9)8(10)5-7-3-2-4-11-7/h2-4,6H,5,9H2,1H3. The molecule has 1 unspecified atom stereocenters. The summed E-state index contributed by atoms with van der Waals surface area (Å²) in [5.74, 6) is 0.104. The first-order valence-electron chi connectivity index (χ1n) is 3.51. The van der Waals surface area contributed by atoms with E-state index >= 15 is 0 Å². The topological polar surface area (TPSA) is 43.1 Å². The van der Waals surface area contributed by atoms with Gasteiger partial charge in [-0.2, -0.15) is 0 Å². The van der Waals surface area contributed by atoms with Crippen molar-refractivity contribution < 1.29 is 4.79 Å². The fourth-order valence-corrected chi connectivity index (χ4v) is 1.46. The van der Waals surface area contributed by atoms with Crippen molar-refractivity contribution in [2.24, 2.45) is 5.73 Å². The Balaban J connectivity index is 2.50. The number of nitrogens with two attached hydrogens (primary N) is 1. The second-order valence-electron chi connectivity index (χ2n) is 2.51. The molecule has 1 aromatic heterocycles. The maximum absolute atomic E-state index is 11.1. The normalized spacial score (nSPS) is 12.9. The summed E-state index contributed by atoms with van der Waals surface area (Å²) in [7, 11) is 0. The quantitative estimate of drug-likeness (QED) is 0.739. The Labute approximate surface area is 70.0 Å². The number of thiophene rings is 1. The van der Waals surface area contributed by atoms with Gasteiger partial charge in [-0.15, -0.1) is 11.3 Å². The number of carbonyl (C=O) groups is 1. The lowest BCUT2D eigenvalue weighted by Crippen LogP contribution is -2.27. The molecule has 0 spiro atoms. The van der Waals surface area contributed by atoms with Crippen LogP contribution in [0.1, 0.15) is 11.8 Å². The molecule has 0 saturated carbocycles. The Hall–Kier alpha value is -0.670. The molecule has 0 radical (unpaired) electrons. The zero-order valence-corrected chi connectivity index (χ0v) is 7.23. The van der Waals surface area contributed by atoms with Crippen LogP contribution in [0.2, 0.25) is 0 Å². The Kier molecular flexibility index (Phi) is 2.79. The largest absolute Gasteiger partial charge is 0.322 e. The molecule has 11 heavy (non-hydrogen) atoms. The predicted octanol–water partition coefficient (Wildman–Crippen LogP) is 1.21. The summed E-state index contributed by atoms with van der Waals surface area (Å²) in [6, 6.07) is 3.55. The summed E-state index contributed by atoms with van der Waals surface area (Å²) in [6.45, 7) is 1.72. The molecule has 0 fully saturated rings. The Morgan fingerprint density at radius 1 is 1.82 bits per heavy atom. The molecule has 1 rings (SSSR count). The predicted molar refractivity (Wildman–Crippen MR) is 46.7 cm³/mol. The third-order valence-electron chi connectivity index (χ3n) is 1.44. The van der Waals surface area contributed by atoms with E-state index in [1.165, 1.54) is 0 Å². The van der Waals surface area contributed by atoms with Crippen molar-refractivity contribution in [3.63, 3.8) is 0 Å². The highest BCUT2D eigenvalue weighted by Crippen LogP contribution is 2.09. The Morgan fingerprint density at radius 2 is 2.55 bits per heavy atom. The number of hydrogen-bond donors (Lipinski definition) is 1. The van der Waals surface area contributed by atoms with Gasteiger partial charge in [-0.3, -0.25) is 4.79 Å². The van der Waals surface area contributed by atoms with E-state index in [0.29, 0.717) is 6.42 Å². The first-order valence-corrected chi connectivity index (χ1v) is 4.39. The van der Waals surface area contributed by atoms with Gasteiger partial charge in [0, 0.05) is 11.3 Å². The molecule has 1 aromatic rings. The molecule has 1 atom stereocenters. The summed E-state index contributed by atoms with van der Waals surface area (Å²) >= 11 is 1.59. The summed E-state index contributed by atoms with van der Waals surface area (Å²) in [6.07, 6.45) is 0.481. The molecular weight excluding hydrogens is 158 g/mol. The third kappa shape index (κ3) is 2.44. The number of Topliss-reactive ketones (excluding diaryl/α,β-unsaturated/α-hetero) is 1. The van der Waals surface area contributed by atoms with Gasteiger partial charge in [0.2, 0.25) is 0 Å². The molecule has 1 heterocycles. The van der Waals surface area contributed by atoms with Crippen LogP contribution in [0.5, 0.6) is 0 Å². The molecule has 2 nitrogen and oxygen atoms in total. The molecule has 60 valence electrons. The Bertz CT molecular complexity index is 228. The molecule has 0 aliphatic rings. The minimum Gasteiger partial charge on any atom is -0.322 e. The maximum Gasteiger partial charge on any atom is 0.154 e. The van der Waals surface area contributed by atoms with Crippen LogP contribution >= 0.6 is 11.3 Å². The number of rotatable bonds is 3. The van der Waals surface area contributed by atoms with E-state index in [1.807, 2.05) is 17.5 Å². The lowest BCUT2D eigenvalue weighted by atomic mass is 10.1. The van der Waals surface area contributed by atoms with Crippen molar-refractivity contribution in [2.75, 3.05) is 0 Å².